The topological polar surface area (TPSA) is 85.7 Å². The molecule has 2 heterocycles. The minimum atomic E-state index is -4.90. The number of hydrogen-bond acceptors (Lipinski definition) is 6. The van der Waals surface area contributed by atoms with Crippen molar-refractivity contribution in [2.45, 2.75) is 38.4 Å². The first-order valence-corrected chi connectivity index (χ1v) is 13.8. The number of rotatable bonds is 10. The highest BCUT2D eigenvalue weighted by Gasteiger charge is 2.35. The Labute approximate surface area is 248 Å². The SMILES string of the molecule is Cc1c(N2CCN(CCOCC(F)(F)F)CC2)c(=O)n(C[C@H](N)c2ccccc2)c(=O)n1Cc1c(F)cccc1C(F)(F)F. The number of anilines is 1. The molecule has 0 saturated carbocycles. The summed E-state index contributed by atoms with van der Waals surface area (Å²) < 4.78 is 99.8. The van der Waals surface area contributed by atoms with Gasteiger partial charge in [-0.1, -0.05) is 36.4 Å². The van der Waals surface area contributed by atoms with Crippen molar-refractivity contribution in [1.82, 2.24) is 14.0 Å². The van der Waals surface area contributed by atoms with Crippen LogP contribution in [-0.4, -0.2) is 66.1 Å². The summed E-state index contributed by atoms with van der Waals surface area (Å²) in [7, 11) is 0. The molecule has 1 aromatic heterocycles. The van der Waals surface area contributed by atoms with Crippen LogP contribution < -0.4 is 21.9 Å². The molecule has 4 rings (SSSR count). The Morgan fingerprint density at radius 3 is 2.18 bits per heavy atom. The summed E-state index contributed by atoms with van der Waals surface area (Å²) in [6.45, 7) is 0.138. The van der Waals surface area contributed by atoms with Gasteiger partial charge in [0.15, 0.2) is 0 Å². The van der Waals surface area contributed by atoms with Gasteiger partial charge in [-0.2, -0.15) is 26.3 Å². The van der Waals surface area contributed by atoms with Gasteiger partial charge in [0.05, 0.1) is 25.3 Å². The monoisotopic (exact) mass is 631 g/mol. The summed E-state index contributed by atoms with van der Waals surface area (Å²) in [5.41, 5.74) is 3.38. The lowest BCUT2D eigenvalue weighted by molar-refractivity contribution is -0.174. The molecule has 0 amide bonds. The van der Waals surface area contributed by atoms with E-state index in [0.717, 1.165) is 27.3 Å². The van der Waals surface area contributed by atoms with E-state index in [9.17, 15) is 40.3 Å². The van der Waals surface area contributed by atoms with Gasteiger partial charge in [0, 0.05) is 50.0 Å². The first kappa shape index (κ1) is 33.2. The van der Waals surface area contributed by atoms with Gasteiger partial charge in [0.1, 0.15) is 18.1 Å². The van der Waals surface area contributed by atoms with Gasteiger partial charge in [-0.3, -0.25) is 18.8 Å². The first-order valence-electron chi connectivity index (χ1n) is 13.8. The third kappa shape index (κ3) is 7.87. The Kier molecular flexibility index (Phi) is 10.2. The molecule has 1 aliphatic heterocycles. The van der Waals surface area contributed by atoms with Gasteiger partial charge in [-0.05, 0) is 24.6 Å². The lowest BCUT2D eigenvalue weighted by Crippen LogP contribution is -2.52. The quantitative estimate of drug-likeness (QED) is 0.270. The number of benzene rings is 2. The Balaban J connectivity index is 1.70. The number of nitrogens with zero attached hydrogens (tertiary/aromatic N) is 4. The van der Waals surface area contributed by atoms with Crippen molar-refractivity contribution in [2.75, 3.05) is 50.8 Å². The van der Waals surface area contributed by atoms with Gasteiger partial charge in [-0.25, -0.2) is 9.18 Å². The number of aromatic nitrogens is 2. The smallest absolute Gasteiger partial charge is 0.371 e. The van der Waals surface area contributed by atoms with E-state index in [2.05, 4.69) is 4.74 Å². The molecule has 44 heavy (non-hydrogen) atoms. The van der Waals surface area contributed by atoms with E-state index in [-0.39, 0.29) is 44.2 Å². The van der Waals surface area contributed by atoms with Gasteiger partial charge in [0.25, 0.3) is 5.56 Å². The number of nitrogens with two attached hydrogens (primary N) is 1. The summed E-state index contributed by atoms with van der Waals surface area (Å²) in [6, 6.07) is 10.3. The van der Waals surface area contributed by atoms with Crippen LogP contribution in [-0.2, 0) is 24.0 Å². The van der Waals surface area contributed by atoms with Crippen molar-refractivity contribution < 1.29 is 35.5 Å². The fourth-order valence-corrected chi connectivity index (χ4v) is 5.22. The van der Waals surface area contributed by atoms with E-state index in [1.807, 2.05) is 4.90 Å². The molecule has 240 valence electrons. The molecule has 8 nitrogen and oxygen atoms in total. The normalized spacial score (nSPS) is 15.5. The predicted octanol–water partition coefficient (Wildman–Crippen LogP) is 3.93. The average Bonchev–Trinajstić information content (AvgIpc) is 2.96. The van der Waals surface area contributed by atoms with Crippen molar-refractivity contribution >= 4 is 5.69 Å². The van der Waals surface area contributed by atoms with Crippen LogP contribution in [0.3, 0.4) is 0 Å². The largest absolute Gasteiger partial charge is 0.416 e. The highest BCUT2D eigenvalue weighted by atomic mass is 19.4. The van der Waals surface area contributed by atoms with E-state index in [1.54, 1.807) is 35.2 Å². The zero-order chi connectivity index (χ0) is 32.2. The third-order valence-corrected chi connectivity index (χ3v) is 7.51. The molecule has 1 saturated heterocycles. The zero-order valence-corrected chi connectivity index (χ0v) is 23.8. The fourth-order valence-electron chi connectivity index (χ4n) is 5.22. The molecule has 0 bridgehead atoms. The zero-order valence-electron chi connectivity index (χ0n) is 23.8. The van der Waals surface area contributed by atoms with E-state index in [0.29, 0.717) is 18.7 Å². The van der Waals surface area contributed by atoms with Crippen molar-refractivity contribution in [3.05, 3.63) is 97.6 Å². The molecule has 15 heteroatoms. The Morgan fingerprint density at radius 2 is 1.57 bits per heavy atom. The first-order chi connectivity index (χ1) is 20.7. The highest BCUT2D eigenvalue weighted by molar-refractivity contribution is 5.50. The molecule has 1 aliphatic rings. The van der Waals surface area contributed by atoms with Crippen molar-refractivity contribution in [2.24, 2.45) is 5.73 Å². The van der Waals surface area contributed by atoms with E-state index >= 15 is 0 Å². The molecular weight excluding hydrogens is 599 g/mol. The molecule has 3 aromatic rings. The maximum atomic E-state index is 14.8. The standard InChI is InChI=1S/C29H32F7N5O3/c1-19-25(39-12-10-38(11-13-39)14-15-44-18-28(31,32)33)26(42)41(17-24(37)20-6-3-2-4-7-20)27(43)40(19)16-21-22(29(34,35)36)8-5-9-23(21)30/h2-9,24H,10-18,37H2,1H3/t24-/m0/s1. The molecule has 1 atom stereocenters. The van der Waals surface area contributed by atoms with Gasteiger partial charge < -0.3 is 15.4 Å². The van der Waals surface area contributed by atoms with Gasteiger partial charge in [-0.15, -0.1) is 0 Å². The maximum absolute atomic E-state index is 14.8. The van der Waals surface area contributed by atoms with Crippen LogP contribution >= 0.6 is 0 Å². The summed E-state index contributed by atoms with van der Waals surface area (Å²) in [6.07, 6.45) is -9.34. The van der Waals surface area contributed by atoms with Crippen LogP contribution in [0.2, 0.25) is 0 Å². The maximum Gasteiger partial charge on any atom is 0.416 e. The molecule has 1 fully saturated rings. The molecule has 0 spiro atoms. The van der Waals surface area contributed by atoms with Crippen LogP contribution in [0.25, 0.3) is 0 Å². The van der Waals surface area contributed by atoms with Crippen LogP contribution in [0.5, 0.6) is 0 Å². The lowest BCUT2D eigenvalue weighted by Gasteiger charge is -2.36. The second-order valence-electron chi connectivity index (χ2n) is 10.5. The van der Waals surface area contributed by atoms with E-state index in [1.165, 1.54) is 6.92 Å². The number of piperazine rings is 1. The summed E-state index contributed by atoms with van der Waals surface area (Å²) in [5.74, 6) is -1.16. The van der Waals surface area contributed by atoms with Crippen LogP contribution in [0.15, 0.2) is 58.1 Å². The lowest BCUT2D eigenvalue weighted by atomic mass is 10.1. The molecule has 0 aliphatic carbocycles. The minimum absolute atomic E-state index is 0.0442. The summed E-state index contributed by atoms with van der Waals surface area (Å²) >= 11 is 0. The number of alkyl halides is 6. The van der Waals surface area contributed by atoms with E-state index < -0.39 is 59.7 Å². The number of ether oxygens (including phenoxy) is 1. The van der Waals surface area contributed by atoms with Crippen LogP contribution in [0, 0.1) is 12.7 Å². The van der Waals surface area contributed by atoms with Crippen molar-refractivity contribution in [1.29, 1.82) is 0 Å². The van der Waals surface area contributed by atoms with Crippen molar-refractivity contribution in [3.63, 3.8) is 0 Å². The predicted molar refractivity (Wildman–Crippen MR) is 149 cm³/mol. The van der Waals surface area contributed by atoms with Crippen LogP contribution in [0.4, 0.5) is 36.4 Å². The van der Waals surface area contributed by atoms with Gasteiger partial charge in [0.2, 0.25) is 0 Å². The van der Waals surface area contributed by atoms with E-state index in [4.69, 9.17) is 5.73 Å². The molecular formula is C29H32F7N5O3. The Bertz CT molecular complexity index is 1550. The summed E-state index contributed by atoms with van der Waals surface area (Å²) in [5, 5.41) is 0. The molecule has 2 N–H and O–H groups in total. The summed E-state index contributed by atoms with van der Waals surface area (Å²) in [4.78, 5) is 31.0. The van der Waals surface area contributed by atoms with Crippen molar-refractivity contribution in [3.8, 4) is 0 Å². The minimum Gasteiger partial charge on any atom is -0.371 e. The second-order valence-corrected chi connectivity index (χ2v) is 10.5. The molecule has 2 aromatic carbocycles. The average molecular weight is 632 g/mol. The fraction of sp³-hybridized carbons (Fsp3) is 0.448. The number of hydrogen-bond donors (Lipinski definition) is 1. The van der Waals surface area contributed by atoms with Gasteiger partial charge >= 0.3 is 18.0 Å². The Hall–Kier alpha value is -3.69. The molecule has 0 unspecified atom stereocenters. The second kappa shape index (κ2) is 13.5. The molecule has 0 radical (unpaired) electrons. The number of halogens is 7. The highest BCUT2D eigenvalue weighted by Crippen LogP contribution is 2.33. The third-order valence-electron chi connectivity index (χ3n) is 7.51. The van der Waals surface area contributed by atoms with Crippen LogP contribution in [0.1, 0.15) is 28.4 Å². The Morgan fingerprint density at radius 1 is 0.909 bits per heavy atom.